The van der Waals surface area contributed by atoms with Gasteiger partial charge in [0.05, 0.1) is 4.88 Å². The number of nitrogens with two attached hydrogens (primary N) is 2. The van der Waals surface area contributed by atoms with Crippen LogP contribution in [-0.4, -0.2) is 5.84 Å². The number of benzene rings is 1. The summed E-state index contributed by atoms with van der Waals surface area (Å²) >= 11 is 1.49. The molecular formula is C9H10ClN3S. The molecule has 2 rings (SSSR count). The topological polar surface area (TPSA) is 75.9 Å². The molecular weight excluding hydrogens is 218 g/mol. The number of anilines is 1. The van der Waals surface area contributed by atoms with Crippen molar-refractivity contribution in [3.8, 4) is 0 Å². The maximum atomic E-state index is 7.29. The molecule has 5 heteroatoms. The van der Waals surface area contributed by atoms with E-state index in [1.165, 1.54) is 11.3 Å². The fourth-order valence-corrected chi connectivity index (χ4v) is 2.17. The van der Waals surface area contributed by atoms with E-state index in [4.69, 9.17) is 16.9 Å². The highest BCUT2D eigenvalue weighted by molar-refractivity contribution is 7.20. The van der Waals surface area contributed by atoms with Gasteiger partial charge in [0.25, 0.3) is 0 Å². The SMILES string of the molecule is Cl.N=C(N)c1cc2c(N)cccc2s1. The molecule has 0 aliphatic carbocycles. The Bertz CT molecular complexity index is 478. The number of amidine groups is 1. The third-order valence-electron chi connectivity index (χ3n) is 1.86. The summed E-state index contributed by atoms with van der Waals surface area (Å²) in [4.78, 5) is 0.771. The van der Waals surface area contributed by atoms with Crippen LogP contribution in [0.4, 0.5) is 5.69 Å². The van der Waals surface area contributed by atoms with E-state index < -0.39 is 0 Å². The molecule has 0 saturated heterocycles. The molecule has 14 heavy (non-hydrogen) atoms. The van der Waals surface area contributed by atoms with Crippen LogP contribution in [0.3, 0.4) is 0 Å². The molecule has 5 N–H and O–H groups in total. The molecule has 1 aromatic carbocycles. The monoisotopic (exact) mass is 227 g/mol. The maximum absolute atomic E-state index is 7.29. The Kier molecular flexibility index (Phi) is 2.98. The Hall–Kier alpha value is -1.26. The molecule has 0 spiro atoms. The quantitative estimate of drug-likeness (QED) is 0.397. The summed E-state index contributed by atoms with van der Waals surface area (Å²) in [5.74, 6) is 0.0978. The first-order valence-electron chi connectivity index (χ1n) is 3.81. The van der Waals surface area contributed by atoms with Crippen molar-refractivity contribution in [2.45, 2.75) is 0 Å². The summed E-state index contributed by atoms with van der Waals surface area (Å²) in [5.41, 5.74) is 11.9. The molecule has 1 aromatic heterocycles. The molecule has 0 bridgehead atoms. The van der Waals surface area contributed by atoms with Crippen LogP contribution in [-0.2, 0) is 0 Å². The van der Waals surface area contributed by atoms with Crippen molar-refractivity contribution in [2.75, 3.05) is 5.73 Å². The zero-order valence-corrected chi connectivity index (χ0v) is 8.91. The second-order valence-corrected chi connectivity index (χ2v) is 3.87. The lowest BCUT2D eigenvalue weighted by atomic mass is 10.2. The van der Waals surface area contributed by atoms with Crippen LogP contribution in [0, 0.1) is 5.41 Å². The Morgan fingerprint density at radius 3 is 2.64 bits per heavy atom. The van der Waals surface area contributed by atoms with Crippen molar-refractivity contribution in [1.29, 1.82) is 5.41 Å². The number of fused-ring (bicyclic) bond motifs is 1. The van der Waals surface area contributed by atoms with Crippen molar-refractivity contribution >= 4 is 45.4 Å². The van der Waals surface area contributed by atoms with E-state index in [2.05, 4.69) is 0 Å². The van der Waals surface area contributed by atoms with Crippen LogP contribution >= 0.6 is 23.7 Å². The molecule has 0 amide bonds. The Morgan fingerprint density at radius 2 is 2.07 bits per heavy atom. The van der Waals surface area contributed by atoms with Gasteiger partial charge >= 0.3 is 0 Å². The van der Waals surface area contributed by atoms with Gasteiger partial charge in [0, 0.05) is 15.8 Å². The largest absolute Gasteiger partial charge is 0.398 e. The minimum Gasteiger partial charge on any atom is -0.398 e. The molecule has 0 atom stereocenters. The van der Waals surface area contributed by atoms with Gasteiger partial charge in [-0.25, -0.2) is 0 Å². The van der Waals surface area contributed by atoms with Crippen LogP contribution < -0.4 is 11.5 Å². The Labute approximate surface area is 91.6 Å². The molecule has 0 saturated carbocycles. The zero-order chi connectivity index (χ0) is 9.42. The van der Waals surface area contributed by atoms with E-state index >= 15 is 0 Å². The van der Waals surface area contributed by atoms with E-state index in [0.717, 1.165) is 20.7 Å². The number of nitrogen functional groups attached to an aromatic ring is 2. The molecule has 3 nitrogen and oxygen atoms in total. The van der Waals surface area contributed by atoms with Gasteiger partial charge in [0.15, 0.2) is 0 Å². The number of rotatable bonds is 1. The summed E-state index contributed by atoms with van der Waals surface area (Å²) in [6.45, 7) is 0. The summed E-state index contributed by atoms with van der Waals surface area (Å²) in [6, 6.07) is 7.58. The predicted octanol–water partition coefficient (Wildman–Crippen LogP) is 2.19. The van der Waals surface area contributed by atoms with Crippen LogP contribution in [0.15, 0.2) is 24.3 Å². The van der Waals surface area contributed by atoms with Gasteiger partial charge in [-0.15, -0.1) is 23.7 Å². The average Bonchev–Trinajstić information content (AvgIpc) is 2.49. The van der Waals surface area contributed by atoms with Crippen LogP contribution in [0.5, 0.6) is 0 Å². The number of nitrogens with one attached hydrogen (secondary N) is 1. The van der Waals surface area contributed by atoms with Crippen LogP contribution in [0.2, 0.25) is 0 Å². The van der Waals surface area contributed by atoms with Crippen LogP contribution in [0.1, 0.15) is 4.88 Å². The van der Waals surface area contributed by atoms with Gasteiger partial charge < -0.3 is 11.5 Å². The van der Waals surface area contributed by atoms with Crippen molar-refractivity contribution < 1.29 is 0 Å². The highest BCUT2D eigenvalue weighted by Crippen LogP contribution is 2.29. The summed E-state index contributed by atoms with van der Waals surface area (Å²) < 4.78 is 1.07. The van der Waals surface area contributed by atoms with Crippen molar-refractivity contribution in [3.05, 3.63) is 29.1 Å². The summed E-state index contributed by atoms with van der Waals surface area (Å²) in [5, 5.41) is 8.27. The molecule has 0 radical (unpaired) electrons. The number of hydrogen-bond donors (Lipinski definition) is 3. The Morgan fingerprint density at radius 1 is 1.36 bits per heavy atom. The van der Waals surface area contributed by atoms with Gasteiger partial charge in [0.2, 0.25) is 0 Å². The van der Waals surface area contributed by atoms with Crippen molar-refractivity contribution in [2.24, 2.45) is 5.73 Å². The second-order valence-electron chi connectivity index (χ2n) is 2.78. The molecule has 2 aromatic rings. The fourth-order valence-electron chi connectivity index (χ4n) is 1.22. The minimum atomic E-state index is 0. The first kappa shape index (κ1) is 10.8. The first-order valence-corrected chi connectivity index (χ1v) is 4.62. The van der Waals surface area contributed by atoms with E-state index in [-0.39, 0.29) is 18.2 Å². The van der Waals surface area contributed by atoms with Gasteiger partial charge in [0.1, 0.15) is 5.84 Å². The zero-order valence-electron chi connectivity index (χ0n) is 7.28. The summed E-state index contributed by atoms with van der Waals surface area (Å²) in [7, 11) is 0. The molecule has 0 aliphatic rings. The lowest BCUT2D eigenvalue weighted by molar-refractivity contribution is 1.46. The number of halogens is 1. The van der Waals surface area contributed by atoms with Crippen molar-refractivity contribution in [3.63, 3.8) is 0 Å². The van der Waals surface area contributed by atoms with E-state index in [1.54, 1.807) is 0 Å². The van der Waals surface area contributed by atoms with E-state index in [0.29, 0.717) is 0 Å². The number of hydrogen-bond acceptors (Lipinski definition) is 3. The lowest BCUT2D eigenvalue weighted by Crippen LogP contribution is -2.08. The third kappa shape index (κ3) is 1.66. The van der Waals surface area contributed by atoms with Gasteiger partial charge in [-0.2, -0.15) is 0 Å². The summed E-state index contributed by atoms with van der Waals surface area (Å²) in [6.07, 6.45) is 0. The molecule has 74 valence electrons. The smallest absolute Gasteiger partial charge is 0.133 e. The fraction of sp³-hybridized carbons (Fsp3) is 0. The predicted molar refractivity (Wildman–Crippen MR) is 64.5 cm³/mol. The first-order chi connectivity index (χ1) is 6.18. The normalized spacial score (nSPS) is 9.71. The van der Waals surface area contributed by atoms with Crippen LogP contribution in [0.25, 0.3) is 10.1 Å². The Balaban J connectivity index is 0.000000980. The standard InChI is InChI=1S/C9H9N3S.ClH/c10-6-2-1-3-7-5(6)4-8(13-7)9(11)12;/h1-4H,10H2,(H3,11,12);1H. The number of thiophene rings is 1. The highest BCUT2D eigenvalue weighted by Gasteiger charge is 2.05. The van der Waals surface area contributed by atoms with Gasteiger partial charge in [-0.05, 0) is 18.2 Å². The lowest BCUT2D eigenvalue weighted by Gasteiger charge is -1.92. The maximum Gasteiger partial charge on any atom is 0.133 e. The molecule has 0 unspecified atom stereocenters. The second kappa shape index (κ2) is 3.86. The van der Waals surface area contributed by atoms with E-state index in [9.17, 15) is 0 Å². The molecule has 0 aliphatic heterocycles. The van der Waals surface area contributed by atoms with Gasteiger partial charge in [-0.3, -0.25) is 5.41 Å². The van der Waals surface area contributed by atoms with Gasteiger partial charge in [-0.1, -0.05) is 6.07 Å². The highest BCUT2D eigenvalue weighted by atomic mass is 35.5. The molecule has 0 fully saturated rings. The minimum absolute atomic E-state index is 0. The third-order valence-corrected chi connectivity index (χ3v) is 2.99. The van der Waals surface area contributed by atoms with Crippen molar-refractivity contribution in [1.82, 2.24) is 0 Å². The van der Waals surface area contributed by atoms with E-state index in [1.807, 2.05) is 24.3 Å². The molecule has 1 heterocycles. The average molecular weight is 228 g/mol.